The average molecular weight is 349 g/mol. The summed E-state index contributed by atoms with van der Waals surface area (Å²) in [6.07, 6.45) is 3.36. The number of benzene rings is 1. The van der Waals surface area contributed by atoms with Crippen molar-refractivity contribution in [1.29, 1.82) is 0 Å². The number of rotatable bonds is 3. The first-order chi connectivity index (χ1) is 10.1. The van der Waals surface area contributed by atoms with Crippen LogP contribution in [0.3, 0.4) is 0 Å². The predicted molar refractivity (Wildman–Crippen MR) is 78.4 cm³/mol. The number of pyridine rings is 1. The molecule has 21 heavy (non-hydrogen) atoms. The predicted octanol–water partition coefficient (Wildman–Crippen LogP) is 3.59. The Morgan fingerprint density at radius 1 is 1.33 bits per heavy atom. The Bertz CT molecular complexity index is 783. The minimum atomic E-state index is -0.582. The van der Waals surface area contributed by atoms with Gasteiger partial charge in [0.05, 0.1) is 0 Å². The maximum Gasteiger partial charge on any atom is 0.358 e. The van der Waals surface area contributed by atoms with Gasteiger partial charge in [-0.05, 0) is 24.3 Å². The van der Waals surface area contributed by atoms with Gasteiger partial charge in [0.25, 0.3) is 0 Å². The molecule has 0 N–H and O–H groups in total. The highest BCUT2D eigenvalue weighted by Gasteiger charge is 2.13. The Labute approximate surface area is 128 Å². The summed E-state index contributed by atoms with van der Waals surface area (Å²) >= 11 is 3.17. The lowest BCUT2D eigenvalue weighted by atomic mass is 10.2. The van der Waals surface area contributed by atoms with Crippen molar-refractivity contribution in [2.24, 2.45) is 0 Å². The van der Waals surface area contributed by atoms with E-state index in [0.29, 0.717) is 15.7 Å². The second-order valence-corrected chi connectivity index (χ2v) is 5.32. The summed E-state index contributed by atoms with van der Waals surface area (Å²) in [5, 5.41) is 0. The summed E-state index contributed by atoms with van der Waals surface area (Å²) in [4.78, 5) is 16.1. The topological polar surface area (TPSA) is 43.6 Å². The zero-order valence-corrected chi connectivity index (χ0v) is 12.4. The van der Waals surface area contributed by atoms with Gasteiger partial charge >= 0.3 is 5.97 Å². The van der Waals surface area contributed by atoms with Crippen LogP contribution in [0.25, 0.3) is 5.65 Å². The van der Waals surface area contributed by atoms with E-state index in [1.807, 2.05) is 12.1 Å². The van der Waals surface area contributed by atoms with Crippen molar-refractivity contribution in [1.82, 2.24) is 9.38 Å². The summed E-state index contributed by atoms with van der Waals surface area (Å²) in [6.45, 7) is -0.133. The van der Waals surface area contributed by atoms with Crippen LogP contribution in [-0.2, 0) is 11.3 Å². The first-order valence-electron chi connectivity index (χ1n) is 6.18. The lowest BCUT2D eigenvalue weighted by Crippen LogP contribution is -2.06. The molecule has 106 valence electrons. The van der Waals surface area contributed by atoms with Crippen LogP contribution in [-0.4, -0.2) is 15.4 Å². The molecule has 3 aromatic rings. The van der Waals surface area contributed by atoms with Crippen molar-refractivity contribution in [2.75, 3.05) is 0 Å². The molecule has 6 heteroatoms. The molecule has 0 saturated carbocycles. The molecule has 0 unspecified atom stereocenters. The molecule has 3 rings (SSSR count). The first-order valence-corrected chi connectivity index (χ1v) is 6.97. The summed E-state index contributed by atoms with van der Waals surface area (Å²) in [5.74, 6) is -1.01. The number of imidazole rings is 1. The Morgan fingerprint density at radius 3 is 2.95 bits per heavy atom. The molecular weight excluding hydrogens is 339 g/mol. The molecule has 0 radical (unpaired) electrons. The normalized spacial score (nSPS) is 10.8. The Kier molecular flexibility index (Phi) is 3.70. The number of hydrogen-bond acceptors (Lipinski definition) is 3. The molecule has 4 nitrogen and oxygen atoms in total. The zero-order valence-electron chi connectivity index (χ0n) is 10.8. The van der Waals surface area contributed by atoms with E-state index in [4.69, 9.17) is 4.74 Å². The molecule has 0 saturated heterocycles. The molecule has 2 aromatic heterocycles. The molecule has 1 aromatic carbocycles. The SMILES string of the molecule is O=C(OCc1ccc(Br)cc1F)c1cn2ccccc2n1. The van der Waals surface area contributed by atoms with E-state index in [2.05, 4.69) is 20.9 Å². The molecular formula is C15H10BrFN2O2. The monoisotopic (exact) mass is 348 g/mol. The van der Waals surface area contributed by atoms with Gasteiger partial charge in [0.2, 0.25) is 0 Å². The van der Waals surface area contributed by atoms with Crippen LogP contribution < -0.4 is 0 Å². The van der Waals surface area contributed by atoms with E-state index in [1.165, 1.54) is 6.07 Å². The van der Waals surface area contributed by atoms with Crippen LogP contribution in [0.15, 0.2) is 53.3 Å². The number of esters is 1. The fourth-order valence-corrected chi connectivity index (χ4v) is 2.22. The van der Waals surface area contributed by atoms with E-state index < -0.39 is 11.8 Å². The molecule has 0 aliphatic heterocycles. The van der Waals surface area contributed by atoms with Gasteiger partial charge in [-0.1, -0.05) is 28.1 Å². The van der Waals surface area contributed by atoms with Gasteiger partial charge < -0.3 is 9.14 Å². The van der Waals surface area contributed by atoms with Crippen molar-refractivity contribution in [3.8, 4) is 0 Å². The minimum Gasteiger partial charge on any atom is -0.456 e. The molecule has 0 atom stereocenters. The third-order valence-electron chi connectivity index (χ3n) is 2.95. The second-order valence-electron chi connectivity index (χ2n) is 4.40. The number of fused-ring (bicyclic) bond motifs is 1. The van der Waals surface area contributed by atoms with Gasteiger partial charge in [0.1, 0.15) is 18.1 Å². The summed E-state index contributed by atoms with van der Waals surface area (Å²) in [7, 11) is 0. The summed E-state index contributed by atoms with van der Waals surface area (Å²) in [5.41, 5.74) is 1.16. The largest absolute Gasteiger partial charge is 0.456 e. The van der Waals surface area contributed by atoms with Crippen molar-refractivity contribution >= 4 is 27.5 Å². The number of carbonyl (C=O) groups excluding carboxylic acids is 1. The van der Waals surface area contributed by atoms with E-state index in [-0.39, 0.29) is 12.3 Å². The number of nitrogens with zero attached hydrogens (tertiary/aromatic N) is 2. The van der Waals surface area contributed by atoms with Crippen molar-refractivity contribution in [2.45, 2.75) is 6.61 Å². The van der Waals surface area contributed by atoms with Gasteiger partial charge in [-0.2, -0.15) is 0 Å². The maximum absolute atomic E-state index is 13.6. The number of ether oxygens (including phenoxy) is 1. The standard InChI is InChI=1S/C15H10BrFN2O2/c16-11-5-4-10(12(17)7-11)9-21-15(20)13-8-19-6-2-1-3-14(19)18-13/h1-8H,9H2. The molecule has 0 fully saturated rings. The number of aromatic nitrogens is 2. The van der Waals surface area contributed by atoms with Crippen LogP contribution in [0.4, 0.5) is 4.39 Å². The fourth-order valence-electron chi connectivity index (χ4n) is 1.89. The first kappa shape index (κ1) is 13.8. The van der Waals surface area contributed by atoms with E-state index in [9.17, 15) is 9.18 Å². The second kappa shape index (κ2) is 5.65. The number of carbonyl (C=O) groups is 1. The Morgan fingerprint density at radius 2 is 2.19 bits per heavy atom. The van der Waals surface area contributed by atoms with Gasteiger partial charge in [-0.15, -0.1) is 0 Å². The smallest absolute Gasteiger partial charge is 0.358 e. The Hall–Kier alpha value is -2.21. The highest BCUT2D eigenvalue weighted by molar-refractivity contribution is 9.10. The molecule has 0 bridgehead atoms. The van der Waals surface area contributed by atoms with Crippen LogP contribution >= 0.6 is 15.9 Å². The van der Waals surface area contributed by atoms with E-state index >= 15 is 0 Å². The molecule has 0 amide bonds. The maximum atomic E-state index is 13.6. The van der Waals surface area contributed by atoms with Gasteiger partial charge in [0, 0.05) is 22.4 Å². The quantitative estimate of drug-likeness (QED) is 0.679. The molecule has 0 aliphatic carbocycles. The van der Waals surface area contributed by atoms with Crippen molar-refractivity contribution in [3.05, 3.63) is 70.3 Å². The van der Waals surface area contributed by atoms with Crippen molar-refractivity contribution in [3.63, 3.8) is 0 Å². The minimum absolute atomic E-state index is 0.133. The van der Waals surface area contributed by atoms with Gasteiger partial charge in [0.15, 0.2) is 5.69 Å². The number of hydrogen-bond donors (Lipinski definition) is 0. The van der Waals surface area contributed by atoms with Crippen LogP contribution in [0, 0.1) is 5.82 Å². The highest BCUT2D eigenvalue weighted by Crippen LogP contribution is 2.16. The van der Waals surface area contributed by atoms with Gasteiger partial charge in [-0.3, -0.25) is 0 Å². The average Bonchev–Trinajstić information content (AvgIpc) is 2.90. The third kappa shape index (κ3) is 2.95. The molecule has 2 heterocycles. The van der Waals surface area contributed by atoms with Crippen molar-refractivity contribution < 1.29 is 13.9 Å². The molecule has 0 spiro atoms. The summed E-state index contributed by atoms with van der Waals surface area (Å²) in [6, 6.07) is 10.0. The lowest BCUT2D eigenvalue weighted by Gasteiger charge is -2.04. The lowest BCUT2D eigenvalue weighted by molar-refractivity contribution is 0.0463. The van der Waals surface area contributed by atoms with Crippen LogP contribution in [0.5, 0.6) is 0 Å². The number of halogens is 2. The van der Waals surface area contributed by atoms with E-state index in [1.54, 1.807) is 35.0 Å². The van der Waals surface area contributed by atoms with Gasteiger partial charge in [-0.25, -0.2) is 14.2 Å². The van der Waals surface area contributed by atoms with Crippen LogP contribution in [0.2, 0.25) is 0 Å². The van der Waals surface area contributed by atoms with Crippen LogP contribution in [0.1, 0.15) is 16.1 Å². The third-order valence-corrected chi connectivity index (χ3v) is 3.44. The fraction of sp³-hybridized carbons (Fsp3) is 0.0667. The van der Waals surface area contributed by atoms with E-state index in [0.717, 1.165) is 0 Å². The Balaban J connectivity index is 1.74. The highest BCUT2D eigenvalue weighted by atomic mass is 79.9. The molecule has 0 aliphatic rings. The summed E-state index contributed by atoms with van der Waals surface area (Å²) < 4.78 is 21.1. The zero-order chi connectivity index (χ0) is 14.8.